The molecule has 0 aromatic heterocycles. The zero-order valence-electron chi connectivity index (χ0n) is 14.5. The summed E-state index contributed by atoms with van der Waals surface area (Å²) in [5.41, 5.74) is 1.30. The SMILES string of the molecule is COc1ccc(C(=O)CCC(=O)NC(Cc2ccccc2)C(=O)O)cc1. The van der Waals surface area contributed by atoms with Gasteiger partial charge in [0.05, 0.1) is 7.11 Å². The van der Waals surface area contributed by atoms with E-state index in [1.807, 2.05) is 18.2 Å². The molecule has 6 nitrogen and oxygen atoms in total. The highest BCUT2D eigenvalue weighted by atomic mass is 16.5. The van der Waals surface area contributed by atoms with Crippen molar-refractivity contribution < 1.29 is 24.2 Å². The second-order valence-electron chi connectivity index (χ2n) is 5.80. The van der Waals surface area contributed by atoms with Crippen LogP contribution in [0.25, 0.3) is 0 Å². The van der Waals surface area contributed by atoms with Crippen LogP contribution < -0.4 is 10.1 Å². The Labute approximate surface area is 151 Å². The van der Waals surface area contributed by atoms with Gasteiger partial charge in [0.2, 0.25) is 5.91 Å². The monoisotopic (exact) mass is 355 g/mol. The molecule has 0 heterocycles. The van der Waals surface area contributed by atoms with Gasteiger partial charge in [0, 0.05) is 24.8 Å². The number of methoxy groups -OCH3 is 1. The molecule has 2 aromatic rings. The number of carbonyl (C=O) groups is 3. The number of ketones is 1. The first-order valence-electron chi connectivity index (χ1n) is 8.23. The summed E-state index contributed by atoms with van der Waals surface area (Å²) in [6.07, 6.45) is 0.133. The van der Waals surface area contributed by atoms with Gasteiger partial charge in [-0.1, -0.05) is 30.3 Å². The van der Waals surface area contributed by atoms with E-state index >= 15 is 0 Å². The lowest BCUT2D eigenvalue weighted by Crippen LogP contribution is -2.42. The van der Waals surface area contributed by atoms with Gasteiger partial charge in [-0.3, -0.25) is 9.59 Å². The van der Waals surface area contributed by atoms with Gasteiger partial charge >= 0.3 is 5.97 Å². The van der Waals surface area contributed by atoms with E-state index in [4.69, 9.17) is 4.74 Å². The van der Waals surface area contributed by atoms with E-state index in [-0.39, 0.29) is 25.0 Å². The molecule has 0 bridgehead atoms. The Morgan fingerprint density at radius 1 is 1.00 bits per heavy atom. The van der Waals surface area contributed by atoms with E-state index < -0.39 is 17.9 Å². The zero-order valence-corrected chi connectivity index (χ0v) is 14.5. The molecule has 136 valence electrons. The van der Waals surface area contributed by atoms with Crippen molar-refractivity contribution in [1.82, 2.24) is 5.32 Å². The van der Waals surface area contributed by atoms with E-state index in [1.165, 1.54) is 7.11 Å². The smallest absolute Gasteiger partial charge is 0.326 e. The summed E-state index contributed by atoms with van der Waals surface area (Å²) < 4.78 is 5.03. The molecule has 0 saturated carbocycles. The molecular weight excluding hydrogens is 334 g/mol. The van der Waals surface area contributed by atoms with Gasteiger partial charge < -0.3 is 15.2 Å². The number of carboxylic acid groups (broad SMARTS) is 1. The number of ether oxygens (including phenoxy) is 1. The highest BCUT2D eigenvalue weighted by Gasteiger charge is 2.20. The lowest BCUT2D eigenvalue weighted by Gasteiger charge is -2.14. The number of rotatable bonds is 9. The van der Waals surface area contributed by atoms with Crippen molar-refractivity contribution >= 4 is 17.7 Å². The van der Waals surface area contributed by atoms with E-state index in [9.17, 15) is 19.5 Å². The minimum absolute atomic E-state index is 0.00976. The van der Waals surface area contributed by atoms with Crippen molar-refractivity contribution in [2.24, 2.45) is 0 Å². The normalized spacial score (nSPS) is 11.4. The maximum absolute atomic E-state index is 12.1. The fraction of sp³-hybridized carbons (Fsp3) is 0.250. The van der Waals surface area contributed by atoms with Gasteiger partial charge in [-0.2, -0.15) is 0 Å². The topological polar surface area (TPSA) is 92.7 Å². The molecule has 1 amide bonds. The van der Waals surface area contributed by atoms with Gasteiger partial charge in [0.25, 0.3) is 0 Å². The second kappa shape index (κ2) is 9.36. The molecule has 2 aromatic carbocycles. The number of amides is 1. The van der Waals surface area contributed by atoms with E-state index in [0.717, 1.165) is 5.56 Å². The first-order chi connectivity index (χ1) is 12.5. The molecule has 26 heavy (non-hydrogen) atoms. The summed E-state index contributed by atoms with van der Waals surface area (Å²) in [7, 11) is 1.54. The van der Waals surface area contributed by atoms with Crippen LogP contribution in [0.15, 0.2) is 54.6 Å². The molecule has 0 aliphatic heterocycles. The molecule has 6 heteroatoms. The van der Waals surface area contributed by atoms with E-state index in [1.54, 1.807) is 36.4 Å². The Morgan fingerprint density at radius 3 is 2.23 bits per heavy atom. The average molecular weight is 355 g/mol. The maximum Gasteiger partial charge on any atom is 0.326 e. The molecular formula is C20H21NO5. The lowest BCUT2D eigenvalue weighted by atomic mass is 10.0. The third-order valence-electron chi connectivity index (χ3n) is 3.91. The molecule has 2 rings (SSSR count). The predicted octanol–water partition coefficient (Wildman–Crippen LogP) is 2.47. The van der Waals surface area contributed by atoms with Crippen molar-refractivity contribution in [1.29, 1.82) is 0 Å². The summed E-state index contributed by atoms with van der Waals surface area (Å²) in [5.74, 6) is -1.11. The largest absolute Gasteiger partial charge is 0.497 e. The Balaban J connectivity index is 1.87. The molecule has 1 unspecified atom stereocenters. The number of hydrogen-bond acceptors (Lipinski definition) is 4. The minimum atomic E-state index is -1.11. The molecule has 2 N–H and O–H groups in total. The molecule has 0 spiro atoms. The number of carbonyl (C=O) groups excluding carboxylic acids is 2. The fourth-order valence-electron chi connectivity index (χ4n) is 2.46. The summed E-state index contributed by atoms with van der Waals surface area (Å²) in [6, 6.07) is 14.6. The van der Waals surface area contributed by atoms with Crippen molar-refractivity contribution in [3.63, 3.8) is 0 Å². The Morgan fingerprint density at radius 2 is 1.65 bits per heavy atom. The number of carboxylic acids is 1. The number of hydrogen-bond donors (Lipinski definition) is 2. The van der Waals surface area contributed by atoms with Crippen LogP contribution >= 0.6 is 0 Å². The van der Waals surface area contributed by atoms with Crippen LogP contribution in [-0.4, -0.2) is 35.9 Å². The summed E-state index contributed by atoms with van der Waals surface area (Å²) >= 11 is 0. The van der Waals surface area contributed by atoms with Crippen molar-refractivity contribution in [3.05, 3.63) is 65.7 Å². The van der Waals surface area contributed by atoms with Crippen LogP contribution in [-0.2, 0) is 16.0 Å². The zero-order chi connectivity index (χ0) is 18.9. The number of nitrogens with one attached hydrogen (secondary N) is 1. The van der Waals surface area contributed by atoms with Gasteiger partial charge in [-0.15, -0.1) is 0 Å². The summed E-state index contributed by atoms with van der Waals surface area (Å²) in [4.78, 5) is 35.5. The van der Waals surface area contributed by atoms with Gasteiger partial charge in [-0.05, 0) is 29.8 Å². The van der Waals surface area contributed by atoms with Crippen LogP contribution in [0.5, 0.6) is 5.75 Å². The molecule has 0 aliphatic carbocycles. The van der Waals surface area contributed by atoms with Crippen LogP contribution in [0.1, 0.15) is 28.8 Å². The molecule has 0 saturated heterocycles. The van der Waals surface area contributed by atoms with Crippen molar-refractivity contribution in [2.45, 2.75) is 25.3 Å². The molecule has 0 aliphatic rings. The van der Waals surface area contributed by atoms with Crippen LogP contribution in [0.2, 0.25) is 0 Å². The first kappa shape index (κ1) is 19.2. The summed E-state index contributed by atoms with van der Waals surface area (Å²) in [6.45, 7) is 0. The Kier molecular flexibility index (Phi) is 6.91. The van der Waals surface area contributed by atoms with Crippen LogP contribution in [0, 0.1) is 0 Å². The summed E-state index contributed by atoms with van der Waals surface area (Å²) in [5, 5.41) is 11.8. The van der Waals surface area contributed by atoms with Gasteiger partial charge in [-0.25, -0.2) is 4.79 Å². The number of aliphatic carboxylic acids is 1. The molecule has 0 fully saturated rings. The average Bonchev–Trinajstić information content (AvgIpc) is 2.66. The third-order valence-corrected chi connectivity index (χ3v) is 3.91. The third kappa shape index (κ3) is 5.73. The van der Waals surface area contributed by atoms with E-state index in [0.29, 0.717) is 11.3 Å². The van der Waals surface area contributed by atoms with Crippen LogP contribution in [0.4, 0.5) is 0 Å². The molecule has 1 atom stereocenters. The van der Waals surface area contributed by atoms with E-state index in [2.05, 4.69) is 5.32 Å². The standard InChI is InChI=1S/C20H21NO5/c1-26-16-9-7-15(8-10-16)18(22)11-12-19(23)21-17(20(24)25)13-14-5-3-2-4-6-14/h2-10,17H,11-13H2,1H3,(H,21,23)(H,24,25). The maximum atomic E-state index is 12.1. The van der Waals surface area contributed by atoms with Crippen LogP contribution in [0.3, 0.4) is 0 Å². The number of benzene rings is 2. The highest BCUT2D eigenvalue weighted by molar-refractivity contribution is 5.98. The van der Waals surface area contributed by atoms with Crippen molar-refractivity contribution in [3.8, 4) is 5.75 Å². The second-order valence-corrected chi connectivity index (χ2v) is 5.80. The highest BCUT2D eigenvalue weighted by Crippen LogP contribution is 2.13. The minimum Gasteiger partial charge on any atom is -0.497 e. The first-order valence-corrected chi connectivity index (χ1v) is 8.23. The fourth-order valence-corrected chi connectivity index (χ4v) is 2.46. The number of Topliss-reactive ketones (excluding diaryl/α,β-unsaturated/α-hetero) is 1. The molecule has 0 radical (unpaired) electrons. The Bertz CT molecular complexity index is 756. The quantitative estimate of drug-likeness (QED) is 0.674. The lowest BCUT2D eigenvalue weighted by molar-refractivity contribution is -0.141. The Hall–Kier alpha value is -3.15. The predicted molar refractivity (Wildman–Crippen MR) is 96.3 cm³/mol. The van der Waals surface area contributed by atoms with Gasteiger partial charge in [0.1, 0.15) is 11.8 Å². The van der Waals surface area contributed by atoms with Crippen molar-refractivity contribution in [2.75, 3.05) is 7.11 Å². The van der Waals surface area contributed by atoms with Gasteiger partial charge in [0.15, 0.2) is 5.78 Å².